The second-order valence-corrected chi connectivity index (χ2v) is 19.9. The molecule has 0 aromatic rings. The molecule has 0 fully saturated rings. The highest BCUT2D eigenvalue weighted by atomic mass is 16.6. The van der Waals surface area contributed by atoms with Crippen LogP contribution in [0.4, 0.5) is 0 Å². The Bertz CT molecular complexity index is 1620. The van der Waals surface area contributed by atoms with Crippen LogP contribution in [0.25, 0.3) is 0 Å². The topological polar surface area (TPSA) is 78.9 Å². The summed E-state index contributed by atoms with van der Waals surface area (Å²) in [5.41, 5.74) is 0. The molecule has 0 aromatic carbocycles. The van der Waals surface area contributed by atoms with Crippen molar-refractivity contribution in [3.63, 3.8) is 0 Å². The molecule has 0 aliphatic heterocycles. The van der Waals surface area contributed by atoms with Crippen molar-refractivity contribution in [1.82, 2.24) is 0 Å². The predicted molar refractivity (Wildman–Crippen MR) is 325 cm³/mol. The number of esters is 3. The lowest BCUT2D eigenvalue weighted by Crippen LogP contribution is -2.30. The molecule has 0 rings (SSSR count). The van der Waals surface area contributed by atoms with E-state index < -0.39 is 6.10 Å². The standard InChI is InChI=1S/C69H112O6/c1-4-7-10-13-16-19-22-24-26-28-30-31-32-33-34-35-36-37-39-40-42-44-47-50-53-56-59-62-68(71)74-65-66(64-73-67(70)61-58-55-52-49-46-21-18-15-12-9-6-3)75-69(72)63-60-57-54-51-48-45-43-41-38-29-27-25-23-20-17-14-11-8-5-2/h7,10,15-20,24-27,30-31,33-34,36-37,40,42,47,50,66H,4-6,8-9,11-14,21-23,28-29,32,35,38-39,41,43-46,48-49,51-65H2,1-3H3/b10-7-,18-15-,19-16-,20-17-,26-24-,27-25-,31-30-,34-33-,37-36-,42-40-,50-47-. The van der Waals surface area contributed by atoms with Crippen LogP contribution in [0.1, 0.15) is 265 Å². The normalized spacial score (nSPS) is 13.1. The van der Waals surface area contributed by atoms with Crippen molar-refractivity contribution >= 4 is 17.9 Å². The van der Waals surface area contributed by atoms with Crippen LogP contribution in [0.2, 0.25) is 0 Å². The first-order valence-corrected chi connectivity index (χ1v) is 30.7. The third kappa shape index (κ3) is 60.3. The fourth-order valence-corrected chi connectivity index (χ4v) is 8.00. The number of unbranched alkanes of at least 4 members (excludes halogenated alkanes) is 21. The van der Waals surface area contributed by atoms with Gasteiger partial charge in [0.05, 0.1) is 0 Å². The molecule has 6 heteroatoms. The number of hydrogen-bond acceptors (Lipinski definition) is 6. The van der Waals surface area contributed by atoms with Crippen LogP contribution >= 0.6 is 0 Å². The molecule has 1 unspecified atom stereocenters. The lowest BCUT2D eigenvalue weighted by atomic mass is 10.1. The average Bonchev–Trinajstić information content (AvgIpc) is 3.41. The van der Waals surface area contributed by atoms with E-state index in [2.05, 4.69) is 154 Å². The molecule has 0 N–H and O–H groups in total. The maximum Gasteiger partial charge on any atom is 0.306 e. The summed E-state index contributed by atoms with van der Waals surface area (Å²) in [6.45, 7) is 6.41. The first-order chi connectivity index (χ1) is 37.0. The summed E-state index contributed by atoms with van der Waals surface area (Å²) in [5, 5.41) is 0. The summed E-state index contributed by atoms with van der Waals surface area (Å²) in [4.78, 5) is 38.2. The highest BCUT2D eigenvalue weighted by molar-refractivity contribution is 5.71. The number of ether oxygens (including phenoxy) is 3. The Balaban J connectivity index is 4.42. The molecule has 424 valence electrons. The van der Waals surface area contributed by atoms with Gasteiger partial charge in [-0.25, -0.2) is 0 Å². The molecule has 0 radical (unpaired) electrons. The summed E-state index contributed by atoms with van der Waals surface area (Å²) < 4.78 is 16.8. The van der Waals surface area contributed by atoms with E-state index in [0.717, 1.165) is 122 Å². The van der Waals surface area contributed by atoms with Gasteiger partial charge in [0.15, 0.2) is 6.10 Å². The first-order valence-electron chi connectivity index (χ1n) is 30.7. The summed E-state index contributed by atoms with van der Waals surface area (Å²) in [5.74, 6) is -0.962. The molecule has 6 nitrogen and oxygen atoms in total. The zero-order valence-corrected chi connectivity index (χ0v) is 48.5. The molecule has 0 aromatic heterocycles. The van der Waals surface area contributed by atoms with Crippen molar-refractivity contribution in [3.05, 3.63) is 134 Å². The maximum atomic E-state index is 12.9. The molecule has 0 aliphatic carbocycles. The van der Waals surface area contributed by atoms with Crippen LogP contribution < -0.4 is 0 Å². The average molecular weight is 1040 g/mol. The lowest BCUT2D eigenvalue weighted by Gasteiger charge is -2.18. The Labute approximate surface area is 462 Å². The number of carbonyl (C=O) groups is 3. The summed E-state index contributed by atoms with van der Waals surface area (Å²) in [7, 11) is 0. The molecular weight excluding hydrogens is 925 g/mol. The molecule has 0 spiro atoms. The van der Waals surface area contributed by atoms with Crippen molar-refractivity contribution in [2.24, 2.45) is 0 Å². The van der Waals surface area contributed by atoms with Gasteiger partial charge in [0.2, 0.25) is 0 Å². The Hall–Kier alpha value is -4.45. The summed E-state index contributed by atoms with van der Waals surface area (Å²) >= 11 is 0. The van der Waals surface area contributed by atoms with Gasteiger partial charge in [-0.05, 0) is 135 Å². The van der Waals surface area contributed by atoms with Crippen LogP contribution in [-0.4, -0.2) is 37.2 Å². The van der Waals surface area contributed by atoms with Gasteiger partial charge in [-0.15, -0.1) is 0 Å². The predicted octanol–water partition coefficient (Wildman–Crippen LogP) is 21.0. The summed E-state index contributed by atoms with van der Waals surface area (Å²) in [6, 6.07) is 0. The molecule has 1 atom stereocenters. The lowest BCUT2D eigenvalue weighted by molar-refractivity contribution is -0.167. The molecule has 0 aliphatic rings. The fourth-order valence-electron chi connectivity index (χ4n) is 8.00. The first kappa shape index (κ1) is 70.5. The molecular formula is C69H112O6. The largest absolute Gasteiger partial charge is 0.462 e. The minimum absolute atomic E-state index is 0.102. The van der Waals surface area contributed by atoms with E-state index in [1.807, 2.05) is 0 Å². The quantitative estimate of drug-likeness (QED) is 0.0261. The van der Waals surface area contributed by atoms with E-state index in [4.69, 9.17) is 14.2 Å². The minimum atomic E-state index is -0.807. The number of hydrogen-bond donors (Lipinski definition) is 0. The van der Waals surface area contributed by atoms with E-state index in [-0.39, 0.29) is 31.1 Å². The van der Waals surface area contributed by atoms with Gasteiger partial charge in [0.25, 0.3) is 0 Å². The van der Waals surface area contributed by atoms with Gasteiger partial charge < -0.3 is 14.2 Å². The van der Waals surface area contributed by atoms with Crippen molar-refractivity contribution in [1.29, 1.82) is 0 Å². The van der Waals surface area contributed by atoms with Crippen LogP contribution in [0.5, 0.6) is 0 Å². The number of carbonyl (C=O) groups excluding carboxylic acids is 3. The Morgan fingerprint density at radius 2 is 0.533 bits per heavy atom. The van der Waals surface area contributed by atoms with Gasteiger partial charge in [0.1, 0.15) is 13.2 Å². The van der Waals surface area contributed by atoms with E-state index in [9.17, 15) is 14.4 Å². The van der Waals surface area contributed by atoms with Gasteiger partial charge in [-0.2, -0.15) is 0 Å². The fraction of sp³-hybridized carbons (Fsp3) is 0.638. The monoisotopic (exact) mass is 1040 g/mol. The van der Waals surface area contributed by atoms with E-state index >= 15 is 0 Å². The molecule has 0 saturated carbocycles. The van der Waals surface area contributed by atoms with Crippen molar-refractivity contribution in [3.8, 4) is 0 Å². The van der Waals surface area contributed by atoms with Gasteiger partial charge >= 0.3 is 17.9 Å². The van der Waals surface area contributed by atoms with Gasteiger partial charge in [0, 0.05) is 19.3 Å². The Morgan fingerprint density at radius 3 is 0.893 bits per heavy atom. The maximum absolute atomic E-state index is 12.9. The van der Waals surface area contributed by atoms with Crippen LogP contribution in [0.15, 0.2) is 134 Å². The SMILES string of the molecule is CC/C=C\C/C=C\C/C=C\C/C=C\C/C=C\C/C=C\C/C=C\C/C=C\CCCCC(=O)OCC(COC(=O)CCCCCCC/C=C\CCCC)OC(=O)CCCCCCCCCCC/C=C\C/C=C\CCCCC. The van der Waals surface area contributed by atoms with Crippen LogP contribution in [0, 0.1) is 0 Å². The Morgan fingerprint density at radius 1 is 0.280 bits per heavy atom. The van der Waals surface area contributed by atoms with E-state index in [0.29, 0.717) is 25.7 Å². The number of allylic oxidation sites excluding steroid dienone is 22. The van der Waals surface area contributed by atoms with Crippen LogP contribution in [-0.2, 0) is 28.6 Å². The third-order valence-electron chi connectivity index (χ3n) is 12.6. The zero-order valence-electron chi connectivity index (χ0n) is 48.5. The molecule has 0 saturated heterocycles. The highest BCUT2D eigenvalue weighted by Gasteiger charge is 2.19. The molecule has 75 heavy (non-hydrogen) atoms. The summed E-state index contributed by atoms with van der Waals surface area (Å²) in [6.07, 6.45) is 87.4. The molecule has 0 heterocycles. The minimum Gasteiger partial charge on any atom is -0.462 e. The van der Waals surface area contributed by atoms with E-state index in [1.165, 1.54) is 96.3 Å². The third-order valence-corrected chi connectivity index (χ3v) is 12.6. The van der Waals surface area contributed by atoms with E-state index in [1.54, 1.807) is 0 Å². The zero-order chi connectivity index (χ0) is 54.3. The number of rotatable bonds is 54. The highest BCUT2D eigenvalue weighted by Crippen LogP contribution is 2.14. The molecule has 0 amide bonds. The van der Waals surface area contributed by atoms with Crippen molar-refractivity contribution in [2.45, 2.75) is 271 Å². The van der Waals surface area contributed by atoms with Gasteiger partial charge in [-0.3, -0.25) is 14.4 Å². The smallest absolute Gasteiger partial charge is 0.306 e. The van der Waals surface area contributed by atoms with Crippen molar-refractivity contribution in [2.75, 3.05) is 13.2 Å². The van der Waals surface area contributed by atoms with Crippen LogP contribution in [0.3, 0.4) is 0 Å². The Kier molecular flexibility index (Phi) is 58.4. The second-order valence-electron chi connectivity index (χ2n) is 19.9. The molecule has 0 bridgehead atoms. The van der Waals surface area contributed by atoms with Crippen molar-refractivity contribution < 1.29 is 28.6 Å². The van der Waals surface area contributed by atoms with Gasteiger partial charge in [-0.1, -0.05) is 244 Å². The second kappa shape index (κ2) is 62.1.